The minimum atomic E-state index is 0.218. The van der Waals surface area contributed by atoms with Crippen molar-refractivity contribution in [2.45, 2.75) is 71.5 Å². The third-order valence-corrected chi connectivity index (χ3v) is 5.41. The van der Waals surface area contributed by atoms with Crippen molar-refractivity contribution >= 4 is 0 Å². The van der Waals surface area contributed by atoms with E-state index in [1.54, 1.807) is 0 Å². The van der Waals surface area contributed by atoms with Gasteiger partial charge in [-0.2, -0.15) is 0 Å². The largest absolute Gasteiger partial charge is 0.350 e. The molecule has 0 spiro atoms. The Morgan fingerprint density at radius 3 is 2.71 bits per heavy atom. The summed E-state index contributed by atoms with van der Waals surface area (Å²) in [4.78, 5) is 2.66. The van der Waals surface area contributed by atoms with Crippen LogP contribution in [0, 0.1) is 5.41 Å². The highest BCUT2D eigenvalue weighted by atomic mass is 15.2. The van der Waals surface area contributed by atoms with Gasteiger partial charge in [0.2, 0.25) is 0 Å². The van der Waals surface area contributed by atoms with Crippen molar-refractivity contribution in [1.82, 2.24) is 9.47 Å². The zero-order chi connectivity index (χ0) is 15.0. The molecule has 1 aliphatic carbocycles. The van der Waals surface area contributed by atoms with E-state index in [-0.39, 0.29) is 6.04 Å². The van der Waals surface area contributed by atoms with Gasteiger partial charge in [-0.15, -0.1) is 0 Å². The van der Waals surface area contributed by atoms with Crippen LogP contribution in [0.15, 0.2) is 12.3 Å². The average molecular weight is 289 g/mol. The fraction of sp³-hybridized carbons (Fsp3) is 0.778. The van der Waals surface area contributed by atoms with Crippen molar-refractivity contribution in [3.05, 3.63) is 23.5 Å². The van der Waals surface area contributed by atoms with Gasteiger partial charge < -0.3 is 10.3 Å². The summed E-state index contributed by atoms with van der Waals surface area (Å²) >= 11 is 0. The molecular weight excluding hydrogens is 258 g/mol. The quantitative estimate of drug-likeness (QED) is 0.926. The first-order valence-corrected chi connectivity index (χ1v) is 8.64. The summed E-state index contributed by atoms with van der Waals surface area (Å²) in [6.07, 6.45) is 8.68. The van der Waals surface area contributed by atoms with Gasteiger partial charge in [0.05, 0.1) is 0 Å². The van der Waals surface area contributed by atoms with E-state index in [9.17, 15) is 0 Å². The zero-order valence-electron chi connectivity index (χ0n) is 13.9. The molecule has 118 valence electrons. The lowest BCUT2D eigenvalue weighted by Gasteiger charge is -2.36. The monoisotopic (exact) mass is 289 g/mol. The molecule has 3 heteroatoms. The van der Waals surface area contributed by atoms with Crippen LogP contribution in [0.25, 0.3) is 0 Å². The van der Waals surface area contributed by atoms with Crippen molar-refractivity contribution in [3.8, 4) is 0 Å². The maximum Gasteiger partial charge on any atom is 0.0375 e. The van der Waals surface area contributed by atoms with E-state index >= 15 is 0 Å². The molecule has 1 aromatic rings. The number of nitrogens with two attached hydrogens (primary N) is 1. The first kappa shape index (κ1) is 15.1. The van der Waals surface area contributed by atoms with Gasteiger partial charge in [-0.3, -0.25) is 4.90 Å². The molecular formula is C18H31N3. The molecule has 21 heavy (non-hydrogen) atoms. The molecule has 2 unspecified atom stereocenters. The number of hydrogen-bond donors (Lipinski definition) is 1. The third-order valence-electron chi connectivity index (χ3n) is 5.41. The maximum atomic E-state index is 6.39. The van der Waals surface area contributed by atoms with E-state index in [1.165, 1.54) is 43.6 Å². The molecule has 1 fully saturated rings. The minimum Gasteiger partial charge on any atom is -0.350 e. The number of rotatable bonds is 3. The summed E-state index contributed by atoms with van der Waals surface area (Å²) in [6, 6.07) is 3.11. The van der Waals surface area contributed by atoms with Gasteiger partial charge in [0.25, 0.3) is 0 Å². The Balaban J connectivity index is 1.75. The lowest BCUT2D eigenvalue weighted by molar-refractivity contribution is 0.157. The van der Waals surface area contributed by atoms with Crippen molar-refractivity contribution in [2.24, 2.45) is 11.1 Å². The number of hydrogen-bond acceptors (Lipinski definition) is 2. The highest BCUT2D eigenvalue weighted by Gasteiger charge is 2.32. The highest BCUT2D eigenvalue weighted by molar-refractivity contribution is 5.30. The molecule has 3 nitrogen and oxygen atoms in total. The van der Waals surface area contributed by atoms with Crippen molar-refractivity contribution < 1.29 is 0 Å². The van der Waals surface area contributed by atoms with Gasteiger partial charge in [0.15, 0.2) is 0 Å². The lowest BCUT2D eigenvalue weighted by atomic mass is 9.74. The summed E-state index contributed by atoms with van der Waals surface area (Å²) in [5.41, 5.74) is 9.59. The number of aromatic nitrogens is 1. The normalized spacial score (nSPS) is 27.3. The van der Waals surface area contributed by atoms with E-state index in [0.29, 0.717) is 11.5 Å². The Bertz CT molecular complexity index is 483. The minimum absolute atomic E-state index is 0.218. The maximum absolute atomic E-state index is 6.39. The summed E-state index contributed by atoms with van der Waals surface area (Å²) in [7, 11) is 0. The topological polar surface area (TPSA) is 34.2 Å². The van der Waals surface area contributed by atoms with E-state index in [0.717, 1.165) is 19.4 Å². The van der Waals surface area contributed by atoms with Gasteiger partial charge in [0, 0.05) is 30.5 Å². The lowest BCUT2D eigenvalue weighted by Crippen LogP contribution is -2.40. The Kier molecular flexibility index (Phi) is 4.15. The number of fused-ring (bicyclic) bond motifs is 1. The van der Waals surface area contributed by atoms with Gasteiger partial charge in [-0.1, -0.05) is 20.3 Å². The summed E-state index contributed by atoms with van der Waals surface area (Å²) < 4.78 is 2.48. The van der Waals surface area contributed by atoms with Crippen LogP contribution in [0.3, 0.4) is 0 Å². The second kappa shape index (κ2) is 5.77. The smallest absolute Gasteiger partial charge is 0.0375 e. The molecule has 2 atom stereocenters. The van der Waals surface area contributed by atoms with Crippen LogP contribution in [0.1, 0.15) is 63.8 Å². The number of nitrogens with zero attached hydrogens (tertiary/aromatic N) is 2. The van der Waals surface area contributed by atoms with Crippen LogP contribution in [0.5, 0.6) is 0 Å². The van der Waals surface area contributed by atoms with Crippen LogP contribution in [0.2, 0.25) is 0 Å². The molecule has 1 saturated heterocycles. The van der Waals surface area contributed by atoms with Crippen molar-refractivity contribution in [1.29, 1.82) is 0 Å². The Morgan fingerprint density at radius 2 is 2.00 bits per heavy atom. The molecule has 1 aromatic heterocycles. The van der Waals surface area contributed by atoms with E-state index in [4.69, 9.17) is 5.73 Å². The molecule has 2 heterocycles. The van der Waals surface area contributed by atoms with Gasteiger partial charge >= 0.3 is 0 Å². The molecule has 0 radical (unpaired) electrons. The molecule has 1 aliphatic heterocycles. The molecule has 0 aromatic carbocycles. The van der Waals surface area contributed by atoms with Crippen LogP contribution in [0.4, 0.5) is 0 Å². The SMILES string of the molecule is CC(Cn1ccc2c1CC(C)(C)CC2N)N1CCCCC1. The third kappa shape index (κ3) is 3.19. The predicted molar refractivity (Wildman–Crippen MR) is 88.3 cm³/mol. The van der Waals surface area contributed by atoms with E-state index in [1.807, 2.05) is 0 Å². The first-order valence-electron chi connectivity index (χ1n) is 8.64. The molecule has 2 aliphatic rings. The van der Waals surface area contributed by atoms with Gasteiger partial charge in [-0.25, -0.2) is 0 Å². The Morgan fingerprint density at radius 1 is 1.29 bits per heavy atom. The first-order chi connectivity index (χ1) is 9.96. The van der Waals surface area contributed by atoms with Crippen LogP contribution >= 0.6 is 0 Å². The second-order valence-electron chi connectivity index (χ2n) is 7.97. The summed E-state index contributed by atoms with van der Waals surface area (Å²) in [5.74, 6) is 0. The van der Waals surface area contributed by atoms with E-state index in [2.05, 4.69) is 42.5 Å². The Hall–Kier alpha value is -0.800. The van der Waals surface area contributed by atoms with E-state index < -0.39 is 0 Å². The highest BCUT2D eigenvalue weighted by Crippen LogP contribution is 2.40. The molecule has 3 rings (SSSR count). The zero-order valence-corrected chi connectivity index (χ0v) is 13.9. The second-order valence-corrected chi connectivity index (χ2v) is 7.97. The van der Waals surface area contributed by atoms with Crippen LogP contribution in [-0.2, 0) is 13.0 Å². The van der Waals surface area contributed by atoms with Crippen LogP contribution < -0.4 is 5.73 Å². The molecule has 0 bridgehead atoms. The van der Waals surface area contributed by atoms with Gasteiger partial charge in [0.1, 0.15) is 0 Å². The molecule has 0 amide bonds. The fourth-order valence-electron chi connectivity index (χ4n) is 4.22. The van der Waals surface area contributed by atoms with Gasteiger partial charge in [-0.05, 0) is 62.7 Å². The van der Waals surface area contributed by atoms with Crippen LogP contribution in [-0.4, -0.2) is 28.6 Å². The number of piperidine rings is 1. The fourth-order valence-corrected chi connectivity index (χ4v) is 4.22. The average Bonchev–Trinajstić information content (AvgIpc) is 2.81. The molecule has 2 N–H and O–H groups in total. The summed E-state index contributed by atoms with van der Waals surface area (Å²) in [6.45, 7) is 10.7. The van der Waals surface area contributed by atoms with Crippen molar-refractivity contribution in [3.63, 3.8) is 0 Å². The number of likely N-dealkylation sites (tertiary alicyclic amines) is 1. The molecule has 0 saturated carbocycles. The Labute approximate surface area is 129 Å². The predicted octanol–water partition coefficient (Wildman–Crippen LogP) is 3.33. The standard InChI is InChI=1S/C18H31N3/c1-14(20-8-5-4-6-9-20)13-21-10-7-15-16(19)11-18(2,3)12-17(15)21/h7,10,14,16H,4-6,8-9,11-13,19H2,1-3H3. The summed E-state index contributed by atoms with van der Waals surface area (Å²) in [5, 5.41) is 0. The van der Waals surface area contributed by atoms with Crippen molar-refractivity contribution in [2.75, 3.05) is 13.1 Å².